The van der Waals surface area contributed by atoms with Gasteiger partial charge in [0.15, 0.2) is 0 Å². The number of anilines is 1. The van der Waals surface area contributed by atoms with Gasteiger partial charge in [-0.3, -0.25) is 0 Å². The standard InChI is InChI=1S/C24H21N3/c1-2-5-18(6-3-1)20-7-4-8-21(13-20)22-10-9-19-11-12-27(24(19)14-22)16-23-15-25-17-26-23/h1-10,13-15,17H,11-12,16H2,(H,25,26). The molecule has 1 aromatic heterocycles. The van der Waals surface area contributed by atoms with Gasteiger partial charge >= 0.3 is 0 Å². The molecule has 1 N–H and O–H groups in total. The van der Waals surface area contributed by atoms with E-state index in [0.29, 0.717) is 0 Å². The predicted molar refractivity (Wildman–Crippen MR) is 111 cm³/mol. The third-order valence-electron chi connectivity index (χ3n) is 5.29. The van der Waals surface area contributed by atoms with Crippen LogP contribution in [0.15, 0.2) is 85.3 Å². The fraction of sp³-hybridized carbons (Fsp3) is 0.125. The number of hydrogen-bond donors (Lipinski definition) is 1. The Morgan fingerprint density at radius 3 is 2.41 bits per heavy atom. The molecule has 0 atom stereocenters. The highest BCUT2D eigenvalue weighted by Gasteiger charge is 2.20. The van der Waals surface area contributed by atoms with Crippen molar-refractivity contribution in [2.24, 2.45) is 0 Å². The lowest BCUT2D eigenvalue weighted by molar-refractivity contribution is 0.819. The van der Waals surface area contributed by atoms with Crippen LogP contribution in [0.3, 0.4) is 0 Å². The van der Waals surface area contributed by atoms with E-state index >= 15 is 0 Å². The average molecular weight is 351 g/mol. The highest BCUT2D eigenvalue weighted by Crippen LogP contribution is 2.34. The predicted octanol–water partition coefficient (Wildman–Crippen LogP) is 5.31. The lowest BCUT2D eigenvalue weighted by Crippen LogP contribution is -2.19. The minimum absolute atomic E-state index is 0.851. The number of hydrogen-bond acceptors (Lipinski definition) is 2. The molecule has 0 radical (unpaired) electrons. The Morgan fingerprint density at radius 1 is 0.815 bits per heavy atom. The zero-order chi connectivity index (χ0) is 18.1. The Morgan fingerprint density at radius 2 is 1.59 bits per heavy atom. The van der Waals surface area contributed by atoms with Crippen LogP contribution in [-0.4, -0.2) is 16.5 Å². The lowest BCUT2D eigenvalue weighted by Gasteiger charge is -2.19. The van der Waals surface area contributed by atoms with Crippen LogP contribution in [0.25, 0.3) is 22.3 Å². The van der Waals surface area contributed by atoms with Gasteiger partial charge in [0, 0.05) is 18.4 Å². The Balaban J connectivity index is 1.48. The molecular weight excluding hydrogens is 330 g/mol. The smallest absolute Gasteiger partial charge is 0.0923 e. The maximum Gasteiger partial charge on any atom is 0.0923 e. The number of imidazole rings is 1. The molecule has 0 amide bonds. The van der Waals surface area contributed by atoms with Gasteiger partial charge in [-0.25, -0.2) is 4.98 Å². The number of aromatic amines is 1. The van der Waals surface area contributed by atoms with E-state index in [1.54, 1.807) is 6.33 Å². The van der Waals surface area contributed by atoms with Gasteiger partial charge in [-0.1, -0.05) is 60.7 Å². The summed E-state index contributed by atoms with van der Waals surface area (Å²) in [5.74, 6) is 0. The molecule has 27 heavy (non-hydrogen) atoms. The van der Waals surface area contributed by atoms with Crippen molar-refractivity contribution in [3.05, 3.63) is 96.6 Å². The molecule has 2 heterocycles. The summed E-state index contributed by atoms with van der Waals surface area (Å²) in [7, 11) is 0. The van der Waals surface area contributed by atoms with Gasteiger partial charge in [0.05, 0.1) is 18.6 Å². The van der Waals surface area contributed by atoms with Crippen molar-refractivity contribution in [3.63, 3.8) is 0 Å². The third-order valence-corrected chi connectivity index (χ3v) is 5.29. The lowest BCUT2D eigenvalue weighted by atomic mass is 9.98. The van der Waals surface area contributed by atoms with E-state index in [1.165, 1.54) is 33.5 Å². The van der Waals surface area contributed by atoms with Crippen LogP contribution in [0.4, 0.5) is 5.69 Å². The monoisotopic (exact) mass is 351 g/mol. The van der Waals surface area contributed by atoms with Gasteiger partial charge in [0.1, 0.15) is 0 Å². The van der Waals surface area contributed by atoms with Crippen LogP contribution < -0.4 is 4.90 Å². The van der Waals surface area contributed by atoms with Crippen LogP contribution in [-0.2, 0) is 13.0 Å². The van der Waals surface area contributed by atoms with Gasteiger partial charge in [-0.05, 0) is 46.4 Å². The normalized spacial score (nSPS) is 13.0. The van der Waals surface area contributed by atoms with Crippen molar-refractivity contribution in [2.45, 2.75) is 13.0 Å². The van der Waals surface area contributed by atoms with Crippen LogP contribution >= 0.6 is 0 Å². The molecule has 0 spiro atoms. The van der Waals surface area contributed by atoms with Gasteiger partial charge < -0.3 is 9.88 Å². The molecule has 0 fully saturated rings. The maximum absolute atomic E-state index is 4.38. The van der Waals surface area contributed by atoms with Crippen molar-refractivity contribution >= 4 is 5.69 Å². The van der Waals surface area contributed by atoms with Gasteiger partial charge in [0.25, 0.3) is 0 Å². The fourth-order valence-corrected chi connectivity index (χ4v) is 3.87. The number of nitrogens with one attached hydrogen (secondary N) is 1. The first kappa shape index (κ1) is 15.9. The molecule has 1 aliphatic rings. The molecule has 5 rings (SSSR count). The van der Waals surface area contributed by atoms with Crippen molar-refractivity contribution in [3.8, 4) is 22.3 Å². The Kier molecular flexibility index (Phi) is 3.98. The second-order valence-electron chi connectivity index (χ2n) is 7.02. The molecule has 3 aromatic carbocycles. The Hall–Kier alpha value is -3.33. The van der Waals surface area contributed by atoms with Gasteiger partial charge in [-0.2, -0.15) is 0 Å². The molecule has 0 aliphatic carbocycles. The summed E-state index contributed by atoms with van der Waals surface area (Å²) in [6.07, 6.45) is 4.83. The van der Waals surface area contributed by atoms with E-state index in [4.69, 9.17) is 0 Å². The average Bonchev–Trinajstić information content (AvgIpc) is 3.39. The number of rotatable bonds is 4. The summed E-state index contributed by atoms with van der Waals surface area (Å²) in [5, 5.41) is 0. The molecule has 1 aliphatic heterocycles. The van der Waals surface area contributed by atoms with Crippen LogP contribution in [0, 0.1) is 0 Å². The van der Waals surface area contributed by atoms with Crippen LogP contribution in [0.1, 0.15) is 11.3 Å². The molecule has 0 saturated heterocycles. The summed E-state index contributed by atoms with van der Waals surface area (Å²) >= 11 is 0. The van der Waals surface area contributed by atoms with E-state index in [-0.39, 0.29) is 0 Å². The first-order valence-corrected chi connectivity index (χ1v) is 9.38. The molecule has 0 saturated carbocycles. The second-order valence-corrected chi connectivity index (χ2v) is 7.02. The SMILES string of the molecule is c1ccc(-c2cccc(-c3ccc4c(c3)N(Cc3c[nH]cn3)CC4)c2)cc1. The third kappa shape index (κ3) is 3.13. The summed E-state index contributed by atoms with van der Waals surface area (Å²) in [6, 6.07) is 26.2. The highest BCUT2D eigenvalue weighted by atomic mass is 15.2. The molecular formula is C24H21N3. The summed E-state index contributed by atoms with van der Waals surface area (Å²) in [6.45, 7) is 1.90. The minimum atomic E-state index is 0.851. The first-order valence-electron chi connectivity index (χ1n) is 9.38. The van der Waals surface area contributed by atoms with E-state index in [0.717, 1.165) is 25.2 Å². The van der Waals surface area contributed by atoms with Crippen molar-refractivity contribution in [1.82, 2.24) is 9.97 Å². The molecule has 132 valence electrons. The van der Waals surface area contributed by atoms with Crippen molar-refractivity contribution < 1.29 is 0 Å². The number of nitrogens with zero attached hydrogens (tertiary/aromatic N) is 2. The number of fused-ring (bicyclic) bond motifs is 1. The largest absolute Gasteiger partial charge is 0.365 e. The van der Waals surface area contributed by atoms with E-state index in [2.05, 4.69) is 87.7 Å². The highest BCUT2D eigenvalue weighted by molar-refractivity contribution is 5.76. The van der Waals surface area contributed by atoms with E-state index < -0.39 is 0 Å². The number of aromatic nitrogens is 2. The summed E-state index contributed by atoms with van der Waals surface area (Å²) in [4.78, 5) is 9.86. The first-order chi connectivity index (χ1) is 13.4. The molecule has 3 heteroatoms. The minimum Gasteiger partial charge on any atom is -0.365 e. The second kappa shape index (κ2) is 6.76. The van der Waals surface area contributed by atoms with Crippen molar-refractivity contribution in [1.29, 1.82) is 0 Å². The van der Waals surface area contributed by atoms with Crippen molar-refractivity contribution in [2.75, 3.05) is 11.4 Å². The van der Waals surface area contributed by atoms with Crippen LogP contribution in [0.5, 0.6) is 0 Å². The molecule has 0 bridgehead atoms. The van der Waals surface area contributed by atoms with Crippen LogP contribution in [0.2, 0.25) is 0 Å². The molecule has 0 unspecified atom stereocenters. The molecule has 3 nitrogen and oxygen atoms in total. The van der Waals surface area contributed by atoms with Gasteiger partial charge in [0.2, 0.25) is 0 Å². The summed E-state index contributed by atoms with van der Waals surface area (Å²) in [5.41, 5.74) is 8.86. The fourth-order valence-electron chi connectivity index (χ4n) is 3.87. The Labute approximate surface area is 159 Å². The quantitative estimate of drug-likeness (QED) is 0.540. The summed E-state index contributed by atoms with van der Waals surface area (Å²) < 4.78 is 0. The maximum atomic E-state index is 4.38. The topological polar surface area (TPSA) is 31.9 Å². The zero-order valence-corrected chi connectivity index (χ0v) is 15.1. The molecule has 4 aromatic rings. The number of H-pyrrole nitrogens is 1. The van der Waals surface area contributed by atoms with E-state index in [9.17, 15) is 0 Å². The van der Waals surface area contributed by atoms with E-state index in [1.807, 2.05) is 6.20 Å². The number of benzene rings is 3. The zero-order valence-electron chi connectivity index (χ0n) is 15.1. The Bertz CT molecular complexity index is 1050. The van der Waals surface area contributed by atoms with Gasteiger partial charge in [-0.15, -0.1) is 0 Å².